The molecule has 0 amide bonds. The van der Waals surface area contributed by atoms with E-state index in [-0.39, 0.29) is 5.56 Å². The van der Waals surface area contributed by atoms with E-state index in [1.807, 2.05) is 61.5 Å². The molecule has 0 aliphatic heterocycles. The second kappa shape index (κ2) is 6.56. The summed E-state index contributed by atoms with van der Waals surface area (Å²) in [5.74, 6) is 0. The molecule has 0 unspecified atom stereocenters. The number of nitrogens with zero attached hydrogens (tertiary/aromatic N) is 2. The summed E-state index contributed by atoms with van der Waals surface area (Å²) in [6.07, 6.45) is 3.26. The van der Waals surface area contributed by atoms with Crippen LogP contribution >= 0.6 is 0 Å². The molecule has 0 saturated carbocycles. The number of aryl methyl sites for hydroxylation is 1. The lowest BCUT2D eigenvalue weighted by atomic mass is 10.0. The number of H-pyrrole nitrogens is 1. The zero-order chi connectivity index (χ0) is 20.0. The minimum absolute atomic E-state index is 0.363. The van der Waals surface area contributed by atoms with Crippen molar-refractivity contribution in [2.24, 2.45) is 0 Å². The van der Waals surface area contributed by atoms with Crippen LogP contribution in [0.2, 0.25) is 0 Å². The third kappa shape index (κ3) is 2.84. The maximum Gasteiger partial charge on any atom is 0.333 e. The Balaban J connectivity index is 1.76. The highest BCUT2D eigenvalue weighted by atomic mass is 16.2. The van der Waals surface area contributed by atoms with Gasteiger partial charge in [-0.1, -0.05) is 60.2 Å². The van der Waals surface area contributed by atoms with Crippen LogP contribution in [-0.2, 0) is 0 Å². The average molecular weight is 379 g/mol. The molecule has 0 saturated heterocycles. The minimum Gasteiger partial charge on any atom is -0.306 e. The molecule has 0 bridgehead atoms. The topological polar surface area (TPSA) is 67.8 Å². The van der Waals surface area contributed by atoms with Crippen molar-refractivity contribution in [1.29, 1.82) is 0 Å². The normalized spacial score (nSPS) is 11.2. The van der Waals surface area contributed by atoms with Gasteiger partial charge < -0.3 is 4.98 Å². The van der Waals surface area contributed by atoms with Gasteiger partial charge in [0.15, 0.2) is 0 Å². The third-order valence-corrected chi connectivity index (χ3v) is 5.14. The maximum absolute atomic E-state index is 13.2. The molecule has 2 heterocycles. The zero-order valence-corrected chi connectivity index (χ0v) is 15.7. The second-order valence-electron chi connectivity index (χ2n) is 7.08. The Morgan fingerprint density at radius 2 is 1.66 bits per heavy atom. The van der Waals surface area contributed by atoms with E-state index in [0.717, 1.165) is 32.0 Å². The molecule has 5 rings (SSSR count). The average Bonchev–Trinajstić information content (AvgIpc) is 2.73. The van der Waals surface area contributed by atoms with E-state index in [1.54, 1.807) is 18.5 Å². The van der Waals surface area contributed by atoms with Gasteiger partial charge in [0.25, 0.3) is 5.56 Å². The molecule has 140 valence electrons. The Morgan fingerprint density at radius 3 is 2.52 bits per heavy atom. The molecule has 0 aliphatic rings. The van der Waals surface area contributed by atoms with Crippen LogP contribution in [0.4, 0.5) is 0 Å². The van der Waals surface area contributed by atoms with Crippen molar-refractivity contribution in [3.63, 3.8) is 0 Å². The highest BCUT2D eigenvalue weighted by molar-refractivity contribution is 5.90. The lowest BCUT2D eigenvalue weighted by molar-refractivity contribution is 0.902. The van der Waals surface area contributed by atoms with E-state index >= 15 is 0 Å². The Kier molecular flexibility index (Phi) is 3.88. The number of fused-ring (bicyclic) bond motifs is 2. The quantitative estimate of drug-likeness (QED) is 0.500. The fraction of sp³-hybridized carbons (Fsp3) is 0.0417. The number of aromatic amines is 1. The maximum atomic E-state index is 13.2. The van der Waals surface area contributed by atoms with E-state index in [2.05, 4.69) is 16.0 Å². The number of nitrogens with one attached hydrogen (secondary N) is 1. The molecule has 0 fully saturated rings. The molecule has 0 spiro atoms. The van der Waals surface area contributed by atoms with Crippen molar-refractivity contribution in [1.82, 2.24) is 14.5 Å². The van der Waals surface area contributed by atoms with E-state index in [1.165, 1.54) is 0 Å². The highest BCUT2D eigenvalue weighted by Gasteiger charge is 2.13. The summed E-state index contributed by atoms with van der Waals surface area (Å²) < 4.78 is 1.16. The van der Waals surface area contributed by atoms with Crippen LogP contribution in [-0.4, -0.2) is 14.5 Å². The van der Waals surface area contributed by atoms with E-state index in [4.69, 9.17) is 0 Å². The first-order valence-electron chi connectivity index (χ1n) is 9.31. The van der Waals surface area contributed by atoms with Crippen LogP contribution < -0.4 is 11.2 Å². The monoisotopic (exact) mass is 379 g/mol. The molecule has 0 radical (unpaired) electrons. The summed E-state index contributed by atoms with van der Waals surface area (Å²) in [6, 6.07) is 21.2. The second-order valence-corrected chi connectivity index (χ2v) is 7.08. The van der Waals surface area contributed by atoms with E-state index in [0.29, 0.717) is 16.6 Å². The van der Waals surface area contributed by atoms with Gasteiger partial charge in [-0.25, -0.2) is 9.36 Å². The van der Waals surface area contributed by atoms with Crippen LogP contribution in [0.25, 0.3) is 38.5 Å². The smallest absolute Gasteiger partial charge is 0.306 e. The van der Waals surface area contributed by atoms with Crippen LogP contribution in [0.3, 0.4) is 0 Å². The summed E-state index contributed by atoms with van der Waals surface area (Å²) in [7, 11) is 0. The van der Waals surface area contributed by atoms with Crippen molar-refractivity contribution in [2.75, 3.05) is 0 Å². The van der Waals surface area contributed by atoms with Crippen molar-refractivity contribution >= 4 is 21.7 Å². The molecule has 5 heteroatoms. The van der Waals surface area contributed by atoms with Gasteiger partial charge >= 0.3 is 5.69 Å². The molecule has 29 heavy (non-hydrogen) atoms. The Morgan fingerprint density at radius 1 is 0.828 bits per heavy atom. The first-order valence-corrected chi connectivity index (χ1v) is 9.31. The molecule has 0 aliphatic carbocycles. The fourth-order valence-electron chi connectivity index (χ4n) is 3.72. The molecule has 5 nitrogen and oxygen atoms in total. The van der Waals surface area contributed by atoms with Crippen LogP contribution in [0.5, 0.6) is 0 Å². The Bertz CT molecular complexity index is 1510. The number of aromatic nitrogens is 3. The first-order chi connectivity index (χ1) is 14.1. The number of pyridine rings is 1. The lowest BCUT2D eigenvalue weighted by Crippen LogP contribution is -2.33. The summed E-state index contributed by atoms with van der Waals surface area (Å²) in [5, 5.41) is 2.12. The highest BCUT2D eigenvalue weighted by Crippen LogP contribution is 2.23. The lowest BCUT2D eigenvalue weighted by Gasteiger charge is -2.10. The summed E-state index contributed by atoms with van der Waals surface area (Å²) in [6.45, 7) is 2.03. The molecule has 0 atom stereocenters. The van der Waals surface area contributed by atoms with Gasteiger partial charge in [0, 0.05) is 17.0 Å². The third-order valence-electron chi connectivity index (χ3n) is 5.14. The van der Waals surface area contributed by atoms with E-state index in [9.17, 15) is 9.59 Å². The van der Waals surface area contributed by atoms with Gasteiger partial charge in [-0.15, -0.1) is 0 Å². The van der Waals surface area contributed by atoms with Crippen molar-refractivity contribution in [3.05, 3.63) is 106 Å². The molecule has 2 aromatic heterocycles. The van der Waals surface area contributed by atoms with Gasteiger partial charge in [0.2, 0.25) is 0 Å². The Hall–Kier alpha value is -3.99. The first kappa shape index (κ1) is 17.1. The van der Waals surface area contributed by atoms with Crippen LogP contribution in [0, 0.1) is 6.92 Å². The summed E-state index contributed by atoms with van der Waals surface area (Å²) in [5.41, 5.74) is 3.27. The largest absolute Gasteiger partial charge is 0.333 e. The Labute approximate surface area is 165 Å². The minimum atomic E-state index is -0.484. The summed E-state index contributed by atoms with van der Waals surface area (Å²) >= 11 is 0. The van der Waals surface area contributed by atoms with Crippen molar-refractivity contribution in [2.45, 2.75) is 6.92 Å². The standard InChI is InChI=1S/C24H17N3O2/c1-15-5-4-7-16(11-15)17-9-10-20-21(12-17)26-24(29)27(23(20)28)22-14-25-13-18-6-2-3-8-19(18)22/h2-14H,1H3,(H,26,29). The molecular weight excluding hydrogens is 362 g/mol. The van der Waals surface area contributed by atoms with Crippen molar-refractivity contribution < 1.29 is 0 Å². The predicted molar refractivity (Wildman–Crippen MR) is 116 cm³/mol. The van der Waals surface area contributed by atoms with E-state index < -0.39 is 5.69 Å². The van der Waals surface area contributed by atoms with Gasteiger partial charge in [-0.2, -0.15) is 0 Å². The van der Waals surface area contributed by atoms with Gasteiger partial charge in [0.05, 0.1) is 22.8 Å². The van der Waals surface area contributed by atoms with Gasteiger partial charge in [-0.3, -0.25) is 9.78 Å². The number of hydrogen-bond donors (Lipinski definition) is 1. The predicted octanol–water partition coefficient (Wildman–Crippen LogP) is 4.20. The number of benzene rings is 3. The molecular formula is C24H17N3O2. The van der Waals surface area contributed by atoms with Gasteiger partial charge in [0.1, 0.15) is 0 Å². The summed E-state index contributed by atoms with van der Waals surface area (Å²) in [4.78, 5) is 33.2. The molecule has 1 N–H and O–H groups in total. The zero-order valence-electron chi connectivity index (χ0n) is 15.7. The fourth-order valence-corrected chi connectivity index (χ4v) is 3.72. The van der Waals surface area contributed by atoms with Gasteiger partial charge in [-0.05, 0) is 30.2 Å². The SMILES string of the molecule is Cc1cccc(-c2ccc3c(=O)n(-c4cncc5ccccc45)c(=O)[nH]c3c2)c1. The number of hydrogen-bond acceptors (Lipinski definition) is 3. The van der Waals surface area contributed by atoms with Crippen LogP contribution in [0.1, 0.15) is 5.56 Å². The molecule has 5 aromatic rings. The number of rotatable bonds is 2. The molecule has 3 aromatic carbocycles. The van der Waals surface area contributed by atoms with Crippen LogP contribution in [0.15, 0.2) is 88.7 Å². The van der Waals surface area contributed by atoms with Crippen molar-refractivity contribution in [3.8, 4) is 16.8 Å².